The van der Waals surface area contributed by atoms with Crippen molar-refractivity contribution < 1.29 is 9.72 Å². The van der Waals surface area contributed by atoms with Gasteiger partial charge in [0.1, 0.15) is 0 Å². The molecule has 2 aromatic carbocycles. The second-order valence-electron chi connectivity index (χ2n) is 7.14. The first-order chi connectivity index (χ1) is 13.5. The number of ketones is 1. The average Bonchev–Trinajstić information content (AvgIpc) is 2.99. The van der Waals surface area contributed by atoms with Crippen LogP contribution in [0.1, 0.15) is 42.0 Å². The number of rotatable bonds is 3. The molecule has 1 aliphatic carbocycles. The van der Waals surface area contributed by atoms with Gasteiger partial charge < -0.3 is 4.98 Å². The molecular formula is C22H19BrN2O3. The molecule has 1 aromatic heterocycles. The molecule has 1 aliphatic rings. The first kappa shape index (κ1) is 18.6. The van der Waals surface area contributed by atoms with E-state index in [9.17, 15) is 14.9 Å². The number of hydrogen-bond donors (Lipinski definition) is 1. The molecule has 1 N–H and O–H groups in total. The normalized spacial score (nSPS) is 18.7. The summed E-state index contributed by atoms with van der Waals surface area (Å²) in [6.07, 6.45) is 3.87. The van der Waals surface area contributed by atoms with E-state index in [4.69, 9.17) is 0 Å². The van der Waals surface area contributed by atoms with E-state index in [-0.39, 0.29) is 17.4 Å². The molecule has 28 heavy (non-hydrogen) atoms. The fourth-order valence-corrected chi connectivity index (χ4v) is 4.54. The molecule has 1 unspecified atom stereocenters. The molecule has 142 valence electrons. The van der Waals surface area contributed by atoms with Crippen molar-refractivity contribution in [2.75, 3.05) is 0 Å². The van der Waals surface area contributed by atoms with E-state index >= 15 is 0 Å². The maximum atomic E-state index is 12.9. The average molecular weight is 439 g/mol. The van der Waals surface area contributed by atoms with Crippen LogP contribution in [0.25, 0.3) is 17.0 Å². The Bertz CT molecular complexity index is 1130. The van der Waals surface area contributed by atoms with Crippen LogP contribution in [-0.2, 0) is 4.79 Å². The largest absolute Gasteiger partial charge is 0.358 e. The zero-order valence-corrected chi connectivity index (χ0v) is 17.0. The maximum absolute atomic E-state index is 12.9. The number of nitrogens with zero attached hydrogens (tertiary/aromatic N) is 1. The number of carbonyl (C=O) groups excluding carboxylic acids is 1. The number of Topliss-reactive ketones (excluding diaryl/α,β-unsaturated/α-hetero) is 1. The molecule has 0 saturated heterocycles. The number of para-hydroxylation sites is 1. The quantitative estimate of drug-likeness (QED) is 0.306. The number of nitro groups is 1. The molecule has 6 heteroatoms. The van der Waals surface area contributed by atoms with Crippen LogP contribution in [0.3, 0.4) is 0 Å². The predicted octanol–water partition coefficient (Wildman–Crippen LogP) is 6.07. The second-order valence-corrected chi connectivity index (χ2v) is 8.05. The molecule has 1 fully saturated rings. The van der Waals surface area contributed by atoms with E-state index in [1.54, 1.807) is 18.2 Å². The monoisotopic (exact) mass is 438 g/mol. The number of aromatic amines is 1. The fourth-order valence-electron chi connectivity index (χ4n) is 4.16. The Morgan fingerprint density at radius 3 is 2.82 bits per heavy atom. The molecule has 1 atom stereocenters. The van der Waals surface area contributed by atoms with Crippen LogP contribution in [0.2, 0.25) is 0 Å². The number of allylic oxidation sites excluding steroid dienone is 1. The number of benzene rings is 2. The lowest BCUT2D eigenvalue weighted by Gasteiger charge is -2.25. The molecule has 5 nitrogen and oxygen atoms in total. The Hall–Kier alpha value is -2.73. The van der Waals surface area contributed by atoms with Gasteiger partial charge in [0, 0.05) is 45.0 Å². The summed E-state index contributed by atoms with van der Waals surface area (Å²) in [5, 5.41) is 12.6. The smallest absolute Gasteiger partial charge is 0.276 e. The lowest BCUT2D eigenvalue weighted by molar-refractivity contribution is -0.385. The minimum absolute atomic E-state index is 0.00321. The zero-order chi connectivity index (χ0) is 19.8. The Morgan fingerprint density at radius 1 is 1.25 bits per heavy atom. The summed E-state index contributed by atoms with van der Waals surface area (Å²) < 4.78 is 0.744. The summed E-state index contributed by atoms with van der Waals surface area (Å²) in [7, 11) is 0. The lowest BCUT2D eigenvalue weighted by Crippen LogP contribution is -2.18. The highest BCUT2D eigenvalue weighted by molar-refractivity contribution is 9.10. The van der Waals surface area contributed by atoms with Crippen molar-refractivity contribution in [1.82, 2.24) is 4.98 Å². The van der Waals surface area contributed by atoms with Crippen LogP contribution in [0.4, 0.5) is 5.69 Å². The number of aryl methyl sites for hydroxylation is 1. The van der Waals surface area contributed by atoms with Gasteiger partial charge in [0.2, 0.25) is 0 Å². The SMILES string of the molecule is Cc1[nH]c2ccccc2c1C1CCCC(=O)/C1=C/c1cc(Br)ccc1[N+](=O)[O-]. The van der Waals surface area contributed by atoms with Crippen LogP contribution in [-0.4, -0.2) is 15.7 Å². The summed E-state index contributed by atoms with van der Waals surface area (Å²) in [6.45, 7) is 2.02. The number of carbonyl (C=O) groups is 1. The summed E-state index contributed by atoms with van der Waals surface area (Å²) in [5.41, 5.74) is 4.31. The van der Waals surface area contributed by atoms with Crippen molar-refractivity contribution in [2.24, 2.45) is 0 Å². The molecule has 4 rings (SSSR count). The predicted molar refractivity (Wildman–Crippen MR) is 113 cm³/mol. The molecule has 0 radical (unpaired) electrons. The maximum Gasteiger partial charge on any atom is 0.276 e. The first-order valence-corrected chi connectivity index (χ1v) is 10.0. The van der Waals surface area contributed by atoms with Gasteiger partial charge in [0.25, 0.3) is 5.69 Å². The van der Waals surface area contributed by atoms with E-state index in [0.29, 0.717) is 17.6 Å². The zero-order valence-electron chi connectivity index (χ0n) is 15.4. The van der Waals surface area contributed by atoms with Crippen LogP contribution >= 0.6 is 15.9 Å². The minimum Gasteiger partial charge on any atom is -0.358 e. The van der Waals surface area contributed by atoms with Crippen molar-refractivity contribution in [1.29, 1.82) is 0 Å². The topological polar surface area (TPSA) is 76.0 Å². The first-order valence-electron chi connectivity index (χ1n) is 9.21. The van der Waals surface area contributed by atoms with Crippen molar-refractivity contribution in [3.05, 3.63) is 79.4 Å². The van der Waals surface area contributed by atoms with Crippen molar-refractivity contribution in [3.63, 3.8) is 0 Å². The molecule has 1 saturated carbocycles. The van der Waals surface area contributed by atoms with Gasteiger partial charge in [-0.05, 0) is 49.6 Å². The third-order valence-corrected chi connectivity index (χ3v) is 5.88. The summed E-state index contributed by atoms with van der Waals surface area (Å²) in [6, 6.07) is 12.9. The molecular weight excluding hydrogens is 420 g/mol. The third-order valence-electron chi connectivity index (χ3n) is 5.38. The van der Waals surface area contributed by atoms with Gasteiger partial charge >= 0.3 is 0 Å². The molecule has 0 aliphatic heterocycles. The van der Waals surface area contributed by atoms with E-state index in [1.165, 1.54) is 6.07 Å². The summed E-state index contributed by atoms with van der Waals surface area (Å²) in [4.78, 5) is 27.3. The van der Waals surface area contributed by atoms with Crippen LogP contribution in [0.15, 0.2) is 52.5 Å². The van der Waals surface area contributed by atoms with Gasteiger partial charge in [0.15, 0.2) is 5.78 Å². The standard InChI is InChI=1S/C22H19BrN2O3/c1-13-22(17-5-2-3-7-19(17)24-13)16-6-4-8-21(26)18(16)12-14-11-15(23)9-10-20(14)25(27)28/h2-3,5,7,9-12,16,24H,4,6,8H2,1H3/b18-12+. The molecule has 1 heterocycles. The number of nitrogens with one attached hydrogen (secondary N) is 1. The van der Waals surface area contributed by atoms with Gasteiger partial charge in [-0.15, -0.1) is 0 Å². The Balaban J connectivity index is 1.90. The lowest BCUT2D eigenvalue weighted by atomic mass is 9.77. The Morgan fingerprint density at radius 2 is 2.04 bits per heavy atom. The van der Waals surface area contributed by atoms with Gasteiger partial charge in [-0.3, -0.25) is 14.9 Å². The van der Waals surface area contributed by atoms with Gasteiger partial charge in [-0.1, -0.05) is 34.1 Å². The Kier molecular flexibility index (Phi) is 4.89. The number of H-pyrrole nitrogens is 1. The van der Waals surface area contributed by atoms with Crippen molar-refractivity contribution in [3.8, 4) is 0 Å². The highest BCUT2D eigenvalue weighted by Crippen LogP contribution is 2.42. The summed E-state index contributed by atoms with van der Waals surface area (Å²) in [5.74, 6) is -0.00816. The van der Waals surface area contributed by atoms with E-state index < -0.39 is 4.92 Å². The van der Waals surface area contributed by atoms with Crippen LogP contribution in [0.5, 0.6) is 0 Å². The second kappa shape index (κ2) is 7.36. The molecule has 0 bridgehead atoms. The van der Waals surface area contributed by atoms with Crippen molar-refractivity contribution >= 4 is 44.4 Å². The number of halogens is 1. The van der Waals surface area contributed by atoms with Crippen LogP contribution in [0, 0.1) is 17.0 Å². The van der Waals surface area contributed by atoms with Crippen LogP contribution < -0.4 is 0 Å². The van der Waals surface area contributed by atoms with Gasteiger partial charge in [-0.25, -0.2) is 0 Å². The van der Waals surface area contributed by atoms with E-state index in [2.05, 4.69) is 27.0 Å². The molecule has 3 aromatic rings. The number of nitro benzene ring substituents is 1. The minimum atomic E-state index is -0.405. The molecule has 0 spiro atoms. The van der Waals surface area contributed by atoms with Gasteiger partial charge in [-0.2, -0.15) is 0 Å². The highest BCUT2D eigenvalue weighted by atomic mass is 79.9. The van der Waals surface area contributed by atoms with E-state index in [0.717, 1.165) is 39.5 Å². The Labute approximate surface area is 170 Å². The number of fused-ring (bicyclic) bond motifs is 1. The number of aromatic nitrogens is 1. The number of hydrogen-bond acceptors (Lipinski definition) is 3. The third kappa shape index (κ3) is 3.29. The van der Waals surface area contributed by atoms with E-state index in [1.807, 2.05) is 25.1 Å². The van der Waals surface area contributed by atoms with Gasteiger partial charge in [0.05, 0.1) is 10.5 Å². The fraction of sp³-hybridized carbons (Fsp3) is 0.227. The van der Waals surface area contributed by atoms with Crippen molar-refractivity contribution in [2.45, 2.75) is 32.1 Å². The molecule has 0 amide bonds. The highest BCUT2D eigenvalue weighted by Gasteiger charge is 2.30. The summed E-state index contributed by atoms with van der Waals surface area (Å²) >= 11 is 3.38.